The number of amides is 1. The predicted molar refractivity (Wildman–Crippen MR) is 115 cm³/mol. The van der Waals surface area contributed by atoms with Gasteiger partial charge in [-0.05, 0) is 37.3 Å². The number of aromatic nitrogens is 2. The van der Waals surface area contributed by atoms with Gasteiger partial charge in [0, 0.05) is 52.7 Å². The molecule has 3 heterocycles. The zero-order valence-electron chi connectivity index (χ0n) is 16.3. The van der Waals surface area contributed by atoms with E-state index in [0.717, 1.165) is 63.1 Å². The molecule has 142 valence electrons. The summed E-state index contributed by atoms with van der Waals surface area (Å²) in [6.07, 6.45) is 6.60. The third-order valence-corrected chi connectivity index (χ3v) is 6.67. The van der Waals surface area contributed by atoms with Crippen LogP contribution in [0.15, 0.2) is 29.3 Å². The molecule has 6 rings (SSSR count). The van der Waals surface area contributed by atoms with Crippen molar-refractivity contribution in [3.8, 4) is 6.07 Å². The van der Waals surface area contributed by atoms with E-state index in [4.69, 9.17) is 0 Å². The van der Waals surface area contributed by atoms with Gasteiger partial charge in [0.1, 0.15) is 0 Å². The fraction of sp³-hybridized carbons (Fsp3) is 0.292. The van der Waals surface area contributed by atoms with Gasteiger partial charge in [-0.25, -0.2) is 4.99 Å². The number of hydrogen-bond donors (Lipinski definition) is 0. The van der Waals surface area contributed by atoms with Crippen LogP contribution < -0.4 is 0 Å². The molecule has 1 aliphatic heterocycles. The van der Waals surface area contributed by atoms with Crippen LogP contribution in [0.5, 0.6) is 0 Å². The van der Waals surface area contributed by atoms with E-state index in [0.29, 0.717) is 13.0 Å². The maximum atomic E-state index is 12.9. The number of nitrogens with zero attached hydrogens (tertiary/aromatic N) is 4. The van der Waals surface area contributed by atoms with E-state index >= 15 is 0 Å². The molecule has 2 aromatic carbocycles. The van der Waals surface area contributed by atoms with Crippen LogP contribution in [0.2, 0.25) is 0 Å². The Hall–Kier alpha value is -3.39. The number of benzene rings is 2. The van der Waals surface area contributed by atoms with Gasteiger partial charge in [0.2, 0.25) is 0 Å². The van der Waals surface area contributed by atoms with Gasteiger partial charge in [0.15, 0.2) is 0 Å². The van der Waals surface area contributed by atoms with Gasteiger partial charge < -0.3 is 9.13 Å². The number of para-hydroxylation sites is 1. The Balaban J connectivity index is 1.93. The Bertz CT molecular complexity index is 1440. The average molecular weight is 380 g/mol. The van der Waals surface area contributed by atoms with Crippen LogP contribution in [0.4, 0.5) is 0 Å². The Morgan fingerprint density at radius 1 is 1.14 bits per heavy atom. The molecule has 0 saturated heterocycles. The maximum Gasteiger partial charge on any atom is 0.278 e. The van der Waals surface area contributed by atoms with Gasteiger partial charge in [0.05, 0.1) is 29.1 Å². The van der Waals surface area contributed by atoms with E-state index < -0.39 is 0 Å². The Morgan fingerprint density at radius 2 is 1.97 bits per heavy atom. The molecule has 0 N–H and O–H groups in total. The van der Waals surface area contributed by atoms with Crippen LogP contribution in [-0.2, 0) is 26.4 Å². The number of fused-ring (bicyclic) bond motifs is 10. The van der Waals surface area contributed by atoms with Crippen LogP contribution >= 0.6 is 0 Å². The molecule has 4 aromatic rings. The minimum Gasteiger partial charge on any atom is -0.346 e. The summed E-state index contributed by atoms with van der Waals surface area (Å²) < 4.78 is 4.58. The van der Waals surface area contributed by atoms with Crippen molar-refractivity contribution in [2.75, 3.05) is 0 Å². The molecular formula is C24H20N4O. The largest absolute Gasteiger partial charge is 0.346 e. The molecule has 0 atom stereocenters. The zero-order valence-corrected chi connectivity index (χ0v) is 16.3. The summed E-state index contributed by atoms with van der Waals surface area (Å²) in [7, 11) is 2.13. The summed E-state index contributed by atoms with van der Waals surface area (Å²) in [4.78, 5) is 17.1. The van der Waals surface area contributed by atoms with Crippen molar-refractivity contribution in [1.29, 1.82) is 5.26 Å². The molecular weight excluding hydrogens is 360 g/mol. The van der Waals surface area contributed by atoms with Crippen molar-refractivity contribution in [3.63, 3.8) is 0 Å². The van der Waals surface area contributed by atoms with Crippen molar-refractivity contribution < 1.29 is 4.79 Å². The highest BCUT2D eigenvalue weighted by Crippen LogP contribution is 2.44. The standard InChI is InChI=1S/C24H20N4O/c1-27-17-9-4-2-7-14(17)20-21-16(13-26-24(21)29)19-15-8-3-5-10-18(15)28(12-6-11-25)23(19)22(20)27/h3,5,8,10,13H,2,4,6-7,9,12H2,1H3. The molecule has 0 spiro atoms. The monoisotopic (exact) mass is 380 g/mol. The summed E-state index contributed by atoms with van der Waals surface area (Å²) >= 11 is 0. The lowest BCUT2D eigenvalue weighted by Gasteiger charge is -2.13. The third-order valence-electron chi connectivity index (χ3n) is 6.67. The summed E-state index contributed by atoms with van der Waals surface area (Å²) in [5.74, 6) is -0.125. The van der Waals surface area contributed by atoms with Crippen LogP contribution in [0.25, 0.3) is 32.7 Å². The Kier molecular flexibility index (Phi) is 3.31. The molecule has 2 aromatic heterocycles. The normalized spacial score (nSPS) is 15.4. The van der Waals surface area contributed by atoms with Crippen LogP contribution in [0, 0.1) is 11.3 Å². The minimum absolute atomic E-state index is 0.125. The number of hydrogen-bond acceptors (Lipinski definition) is 2. The highest BCUT2D eigenvalue weighted by atomic mass is 16.1. The van der Waals surface area contributed by atoms with Crippen molar-refractivity contribution in [1.82, 2.24) is 9.13 Å². The number of aliphatic imine (C=N–C) groups is 1. The second-order valence-corrected chi connectivity index (χ2v) is 8.07. The number of aryl methyl sites for hydroxylation is 3. The molecule has 29 heavy (non-hydrogen) atoms. The summed E-state index contributed by atoms with van der Waals surface area (Å²) in [6.45, 7) is 0.634. The van der Waals surface area contributed by atoms with Crippen molar-refractivity contribution >= 4 is 44.8 Å². The van der Waals surface area contributed by atoms with E-state index in [9.17, 15) is 10.1 Å². The zero-order chi connectivity index (χ0) is 19.7. The molecule has 1 amide bonds. The smallest absolute Gasteiger partial charge is 0.278 e. The first kappa shape index (κ1) is 16.6. The fourth-order valence-corrected chi connectivity index (χ4v) is 5.54. The number of rotatable bonds is 2. The molecule has 1 aliphatic carbocycles. The van der Waals surface area contributed by atoms with Gasteiger partial charge in [-0.1, -0.05) is 18.2 Å². The van der Waals surface area contributed by atoms with E-state index in [-0.39, 0.29) is 5.91 Å². The van der Waals surface area contributed by atoms with Gasteiger partial charge >= 0.3 is 0 Å². The fourth-order valence-electron chi connectivity index (χ4n) is 5.54. The van der Waals surface area contributed by atoms with E-state index in [1.165, 1.54) is 17.7 Å². The quantitative estimate of drug-likeness (QED) is 0.508. The maximum absolute atomic E-state index is 12.9. The van der Waals surface area contributed by atoms with Gasteiger partial charge in [-0.2, -0.15) is 5.26 Å². The molecule has 2 aliphatic rings. The van der Waals surface area contributed by atoms with Crippen molar-refractivity contribution in [3.05, 3.63) is 46.6 Å². The number of carbonyl (C=O) groups excluding carboxylic acids is 1. The second-order valence-electron chi connectivity index (χ2n) is 8.07. The molecule has 5 heteroatoms. The van der Waals surface area contributed by atoms with E-state index in [1.54, 1.807) is 6.21 Å². The van der Waals surface area contributed by atoms with Gasteiger partial charge in [-0.3, -0.25) is 4.79 Å². The summed E-state index contributed by atoms with van der Waals surface area (Å²) in [5.41, 5.74) is 7.75. The average Bonchev–Trinajstić information content (AvgIpc) is 3.38. The first-order valence-corrected chi connectivity index (χ1v) is 10.2. The van der Waals surface area contributed by atoms with Crippen molar-refractivity contribution in [2.24, 2.45) is 12.0 Å². The SMILES string of the molecule is Cn1c2c(c3c4c(c5c6ccccc6n(CCC#N)c5c31)C=NC4=O)CCCC2. The molecule has 0 unspecified atom stereocenters. The number of carbonyl (C=O) groups is 1. The lowest BCUT2D eigenvalue weighted by molar-refractivity contribution is 0.101. The van der Waals surface area contributed by atoms with Crippen LogP contribution in [0.1, 0.15) is 46.4 Å². The Labute approximate surface area is 167 Å². The first-order chi connectivity index (χ1) is 14.2. The number of nitriles is 1. The summed E-state index contributed by atoms with van der Waals surface area (Å²) in [5, 5.41) is 12.6. The highest BCUT2D eigenvalue weighted by molar-refractivity contribution is 6.33. The molecule has 0 bridgehead atoms. The first-order valence-electron chi connectivity index (χ1n) is 10.2. The Morgan fingerprint density at radius 3 is 2.83 bits per heavy atom. The topological polar surface area (TPSA) is 63.1 Å². The minimum atomic E-state index is -0.125. The molecule has 0 saturated carbocycles. The highest BCUT2D eigenvalue weighted by Gasteiger charge is 2.32. The second kappa shape index (κ2) is 5.81. The van der Waals surface area contributed by atoms with E-state index in [2.05, 4.69) is 39.4 Å². The molecule has 5 nitrogen and oxygen atoms in total. The third kappa shape index (κ3) is 1.99. The van der Waals surface area contributed by atoms with Gasteiger partial charge in [0.25, 0.3) is 5.91 Å². The lowest BCUT2D eigenvalue weighted by Crippen LogP contribution is -2.05. The summed E-state index contributed by atoms with van der Waals surface area (Å²) in [6, 6.07) is 10.6. The lowest BCUT2D eigenvalue weighted by atomic mass is 9.91. The van der Waals surface area contributed by atoms with Crippen molar-refractivity contribution in [2.45, 2.75) is 38.6 Å². The van der Waals surface area contributed by atoms with E-state index in [1.807, 2.05) is 12.1 Å². The molecule has 0 fully saturated rings. The van der Waals surface area contributed by atoms with Gasteiger partial charge in [-0.15, -0.1) is 0 Å². The van der Waals surface area contributed by atoms with Crippen LogP contribution in [-0.4, -0.2) is 21.3 Å². The predicted octanol–water partition coefficient (Wildman–Crippen LogP) is 4.65. The molecule has 0 radical (unpaired) electrons. The van der Waals surface area contributed by atoms with Crippen LogP contribution in [0.3, 0.4) is 0 Å².